The Morgan fingerprint density at radius 1 is 1.00 bits per heavy atom. The van der Waals surface area contributed by atoms with Crippen LogP contribution in [0.3, 0.4) is 0 Å². The minimum Gasteiger partial charge on any atom is -0.493 e. The Balaban J connectivity index is 1.43. The van der Waals surface area contributed by atoms with Gasteiger partial charge in [-0.25, -0.2) is 9.97 Å². The van der Waals surface area contributed by atoms with Gasteiger partial charge >= 0.3 is 0 Å². The van der Waals surface area contributed by atoms with Gasteiger partial charge in [-0.3, -0.25) is 9.88 Å². The van der Waals surface area contributed by atoms with E-state index in [0.717, 1.165) is 56.0 Å². The van der Waals surface area contributed by atoms with E-state index in [1.165, 1.54) is 16.8 Å². The molecule has 3 heterocycles. The zero-order valence-electron chi connectivity index (χ0n) is 17.9. The molecule has 0 N–H and O–H groups in total. The van der Waals surface area contributed by atoms with Crippen LogP contribution in [0.2, 0.25) is 0 Å². The van der Waals surface area contributed by atoms with E-state index in [1.54, 1.807) is 14.2 Å². The first kappa shape index (κ1) is 20.3. The van der Waals surface area contributed by atoms with Crippen LogP contribution in [0.15, 0.2) is 42.7 Å². The highest BCUT2D eigenvalue weighted by atomic mass is 16.5. The van der Waals surface area contributed by atoms with Gasteiger partial charge in [0.25, 0.3) is 0 Å². The predicted molar refractivity (Wildman–Crippen MR) is 117 cm³/mol. The fourth-order valence-corrected chi connectivity index (χ4v) is 3.84. The van der Waals surface area contributed by atoms with Gasteiger partial charge < -0.3 is 9.47 Å². The maximum absolute atomic E-state index is 5.40. The van der Waals surface area contributed by atoms with Crippen molar-refractivity contribution >= 4 is 0 Å². The van der Waals surface area contributed by atoms with E-state index in [2.05, 4.69) is 33.9 Å². The fourth-order valence-electron chi connectivity index (χ4n) is 3.84. The number of fused-ring (bicyclic) bond motifs is 1. The van der Waals surface area contributed by atoms with E-state index < -0.39 is 0 Å². The zero-order valence-corrected chi connectivity index (χ0v) is 17.9. The highest BCUT2D eigenvalue weighted by Gasteiger charge is 2.18. The van der Waals surface area contributed by atoms with Gasteiger partial charge in [0, 0.05) is 61.7 Å². The number of ether oxygens (including phenoxy) is 2. The zero-order chi connectivity index (χ0) is 20.9. The lowest BCUT2D eigenvalue weighted by molar-refractivity contribution is 0.242. The first-order chi connectivity index (χ1) is 14.7. The minimum absolute atomic E-state index is 0.706. The van der Waals surface area contributed by atoms with Crippen LogP contribution < -0.4 is 9.47 Å². The molecule has 0 atom stereocenters. The van der Waals surface area contributed by atoms with Gasteiger partial charge in [0.2, 0.25) is 0 Å². The van der Waals surface area contributed by atoms with Crippen molar-refractivity contribution in [2.24, 2.45) is 0 Å². The van der Waals surface area contributed by atoms with Crippen LogP contribution in [-0.4, -0.2) is 40.6 Å². The number of aromatic nitrogens is 3. The Hall–Kier alpha value is -2.99. The Labute approximate surface area is 177 Å². The normalized spacial score (nSPS) is 13.7. The smallest absolute Gasteiger partial charge is 0.161 e. The van der Waals surface area contributed by atoms with E-state index in [0.29, 0.717) is 11.5 Å². The Morgan fingerprint density at radius 2 is 1.87 bits per heavy atom. The van der Waals surface area contributed by atoms with Crippen molar-refractivity contribution in [2.45, 2.75) is 39.3 Å². The number of nitrogens with zero attached hydrogens (tertiary/aromatic N) is 4. The van der Waals surface area contributed by atoms with Crippen LogP contribution >= 0.6 is 0 Å². The van der Waals surface area contributed by atoms with Crippen LogP contribution in [0.5, 0.6) is 11.5 Å². The molecular formula is C24H28N4O2. The molecule has 30 heavy (non-hydrogen) atoms. The summed E-state index contributed by atoms with van der Waals surface area (Å²) in [7, 11) is 3.28. The van der Waals surface area contributed by atoms with Crippen LogP contribution in [0, 0.1) is 0 Å². The molecule has 6 nitrogen and oxygen atoms in total. The first-order valence-electron chi connectivity index (χ1n) is 10.4. The molecule has 0 amide bonds. The lowest BCUT2D eigenvalue weighted by atomic mass is 10.1. The summed E-state index contributed by atoms with van der Waals surface area (Å²) in [5.41, 5.74) is 5.58. The number of methoxy groups -OCH3 is 2. The van der Waals surface area contributed by atoms with Crippen molar-refractivity contribution in [1.82, 2.24) is 19.9 Å². The molecule has 0 radical (unpaired) electrons. The molecule has 0 aliphatic carbocycles. The van der Waals surface area contributed by atoms with Crippen molar-refractivity contribution in [3.63, 3.8) is 0 Å². The van der Waals surface area contributed by atoms with E-state index in [4.69, 9.17) is 14.5 Å². The van der Waals surface area contributed by atoms with Gasteiger partial charge in [-0.05, 0) is 36.2 Å². The third kappa shape index (κ3) is 4.44. The second kappa shape index (κ2) is 9.22. The van der Waals surface area contributed by atoms with E-state index in [1.807, 2.05) is 30.6 Å². The molecule has 156 valence electrons. The summed E-state index contributed by atoms with van der Waals surface area (Å²) in [6, 6.07) is 10.1. The number of aryl methyl sites for hydroxylation is 1. The summed E-state index contributed by atoms with van der Waals surface area (Å²) in [6.45, 7) is 4.93. The molecule has 0 bridgehead atoms. The van der Waals surface area contributed by atoms with Crippen LogP contribution in [-0.2, 0) is 25.9 Å². The van der Waals surface area contributed by atoms with Crippen LogP contribution in [0.25, 0.3) is 11.3 Å². The van der Waals surface area contributed by atoms with E-state index in [-0.39, 0.29) is 0 Å². The topological polar surface area (TPSA) is 60.4 Å². The second-order valence-electron chi connectivity index (χ2n) is 7.59. The third-order valence-electron chi connectivity index (χ3n) is 5.45. The quantitative estimate of drug-likeness (QED) is 0.592. The molecule has 1 aliphatic heterocycles. The Bertz CT molecular complexity index is 1000. The van der Waals surface area contributed by atoms with Crippen molar-refractivity contribution in [2.75, 3.05) is 20.8 Å². The molecule has 4 rings (SSSR count). The summed E-state index contributed by atoms with van der Waals surface area (Å²) >= 11 is 0. The summed E-state index contributed by atoms with van der Waals surface area (Å²) < 4.78 is 10.7. The summed E-state index contributed by atoms with van der Waals surface area (Å²) in [5, 5.41) is 0. The molecule has 1 aliphatic rings. The molecule has 0 fully saturated rings. The molecule has 6 heteroatoms. The summed E-state index contributed by atoms with van der Waals surface area (Å²) in [6.07, 6.45) is 6.98. The standard InChI is InChI=1S/C24H28N4O2/c1-4-5-24-26-14-19-16-28(11-10-21(19)27-24)15-17-6-8-20(25-13-17)18-7-9-22(29-2)23(12-18)30-3/h6-9,12-14H,4-5,10-11,15-16H2,1-3H3. The van der Waals surface area contributed by atoms with Gasteiger partial charge in [-0.1, -0.05) is 13.0 Å². The molecule has 1 aromatic carbocycles. The lowest BCUT2D eigenvalue weighted by Gasteiger charge is -2.28. The number of hydrogen-bond acceptors (Lipinski definition) is 6. The highest BCUT2D eigenvalue weighted by Crippen LogP contribution is 2.31. The summed E-state index contributed by atoms with van der Waals surface area (Å²) in [4.78, 5) is 16.4. The maximum atomic E-state index is 5.40. The predicted octanol–water partition coefficient (Wildman–Crippen LogP) is 4.07. The van der Waals surface area contributed by atoms with Gasteiger partial charge in [-0.2, -0.15) is 0 Å². The van der Waals surface area contributed by atoms with Crippen molar-refractivity contribution in [3.8, 4) is 22.8 Å². The molecule has 0 saturated carbocycles. The molecule has 3 aromatic rings. The average molecular weight is 405 g/mol. The molecular weight excluding hydrogens is 376 g/mol. The first-order valence-corrected chi connectivity index (χ1v) is 10.4. The lowest BCUT2D eigenvalue weighted by Crippen LogP contribution is -2.31. The van der Waals surface area contributed by atoms with Crippen LogP contribution in [0.4, 0.5) is 0 Å². The minimum atomic E-state index is 0.706. The maximum Gasteiger partial charge on any atom is 0.161 e. The third-order valence-corrected chi connectivity index (χ3v) is 5.45. The summed E-state index contributed by atoms with van der Waals surface area (Å²) in [5.74, 6) is 2.39. The largest absolute Gasteiger partial charge is 0.493 e. The molecule has 0 spiro atoms. The molecule has 2 aromatic heterocycles. The Kier molecular flexibility index (Phi) is 6.23. The van der Waals surface area contributed by atoms with Gasteiger partial charge in [0.15, 0.2) is 11.5 Å². The number of hydrogen-bond donors (Lipinski definition) is 0. The number of rotatable bonds is 7. The monoisotopic (exact) mass is 404 g/mol. The van der Waals surface area contributed by atoms with Crippen molar-refractivity contribution in [1.29, 1.82) is 0 Å². The number of benzene rings is 1. The average Bonchev–Trinajstić information content (AvgIpc) is 2.79. The number of pyridine rings is 1. The van der Waals surface area contributed by atoms with E-state index in [9.17, 15) is 0 Å². The van der Waals surface area contributed by atoms with Crippen molar-refractivity contribution in [3.05, 3.63) is 65.4 Å². The molecule has 0 saturated heterocycles. The second-order valence-corrected chi connectivity index (χ2v) is 7.59. The van der Waals surface area contributed by atoms with Gasteiger partial charge in [-0.15, -0.1) is 0 Å². The SMILES string of the molecule is CCCc1ncc2c(n1)CCN(Cc1ccc(-c3ccc(OC)c(OC)c3)nc1)C2. The van der Waals surface area contributed by atoms with Gasteiger partial charge in [0.05, 0.1) is 19.9 Å². The fraction of sp³-hybridized carbons (Fsp3) is 0.375. The van der Waals surface area contributed by atoms with Crippen LogP contribution in [0.1, 0.15) is 36.0 Å². The van der Waals surface area contributed by atoms with E-state index >= 15 is 0 Å². The van der Waals surface area contributed by atoms with Gasteiger partial charge in [0.1, 0.15) is 5.82 Å². The van der Waals surface area contributed by atoms with Crippen molar-refractivity contribution < 1.29 is 9.47 Å². The molecule has 0 unspecified atom stereocenters. The Morgan fingerprint density at radius 3 is 2.60 bits per heavy atom. The highest BCUT2D eigenvalue weighted by molar-refractivity contribution is 5.64.